The first-order valence-corrected chi connectivity index (χ1v) is 4.77. The van der Waals surface area contributed by atoms with Gasteiger partial charge >= 0.3 is 0 Å². The van der Waals surface area contributed by atoms with E-state index in [0.717, 1.165) is 23.2 Å². The van der Waals surface area contributed by atoms with Gasteiger partial charge in [-0.1, -0.05) is 6.58 Å². The van der Waals surface area contributed by atoms with Crippen LogP contribution in [-0.2, 0) is 0 Å². The number of carbonyl (C=O) groups excluding carboxylic acids is 1. The van der Waals surface area contributed by atoms with Crippen molar-refractivity contribution in [2.75, 3.05) is 0 Å². The molecule has 0 aromatic carbocycles. The third kappa shape index (κ3) is 1.49. The Kier molecular flexibility index (Phi) is 2.80. The molecule has 0 aliphatic heterocycles. The van der Waals surface area contributed by atoms with Crippen LogP contribution < -0.4 is 0 Å². The first-order chi connectivity index (χ1) is 5.57. The quantitative estimate of drug-likeness (QED) is 0.732. The zero-order valence-corrected chi connectivity index (χ0v) is 8.76. The molecule has 0 radical (unpaired) electrons. The Hall–Kier alpha value is -0.480. The van der Waals surface area contributed by atoms with E-state index in [1.165, 1.54) is 0 Å². The van der Waals surface area contributed by atoms with Crippen LogP contribution in [0.3, 0.4) is 0 Å². The normalized spacial score (nSPS) is 9.92. The fourth-order valence-electron chi connectivity index (χ4n) is 0.797. The van der Waals surface area contributed by atoms with Crippen LogP contribution in [-0.4, -0.2) is 6.29 Å². The molecular formula is C8H6BrFOS. The van der Waals surface area contributed by atoms with Crippen molar-refractivity contribution < 1.29 is 9.18 Å². The highest BCUT2D eigenvalue weighted by atomic mass is 79.9. The highest BCUT2D eigenvalue weighted by Crippen LogP contribution is 2.36. The maximum absolute atomic E-state index is 12.7. The van der Waals surface area contributed by atoms with Gasteiger partial charge in [0.1, 0.15) is 5.83 Å². The van der Waals surface area contributed by atoms with Gasteiger partial charge in [0.15, 0.2) is 6.29 Å². The molecule has 0 saturated heterocycles. The molecule has 1 aromatic heterocycles. The second-order valence-corrected chi connectivity index (χ2v) is 4.10. The fraction of sp³-hybridized carbons (Fsp3) is 0.125. The molecule has 0 aliphatic rings. The second-order valence-electron chi connectivity index (χ2n) is 2.26. The number of aldehydes is 1. The van der Waals surface area contributed by atoms with Crippen LogP contribution in [0.2, 0.25) is 0 Å². The molecule has 0 atom stereocenters. The smallest absolute Gasteiger partial charge is 0.160 e. The van der Waals surface area contributed by atoms with Crippen LogP contribution in [0.25, 0.3) is 5.83 Å². The summed E-state index contributed by atoms with van der Waals surface area (Å²) >= 11 is 4.30. The van der Waals surface area contributed by atoms with Gasteiger partial charge in [-0.3, -0.25) is 4.79 Å². The molecule has 12 heavy (non-hydrogen) atoms. The molecule has 0 bridgehead atoms. The van der Waals surface area contributed by atoms with Crippen LogP contribution in [0.15, 0.2) is 11.1 Å². The Bertz CT molecular complexity index is 343. The molecule has 1 aromatic rings. The SMILES string of the molecule is C=C(F)c1sc(C=O)c(C)c1Br. The Labute approximate surface area is 82.0 Å². The standard InChI is InChI=1S/C8H6BrFOS/c1-4-6(3-11)12-8(5(2)10)7(4)9/h3H,2H2,1H3. The summed E-state index contributed by atoms with van der Waals surface area (Å²) in [7, 11) is 0. The summed E-state index contributed by atoms with van der Waals surface area (Å²) in [6.07, 6.45) is 0.719. The Morgan fingerprint density at radius 3 is 2.58 bits per heavy atom. The molecule has 0 spiro atoms. The Morgan fingerprint density at radius 2 is 2.33 bits per heavy atom. The van der Waals surface area contributed by atoms with E-state index in [1.807, 2.05) is 0 Å². The summed E-state index contributed by atoms with van der Waals surface area (Å²) in [6, 6.07) is 0. The molecule has 0 unspecified atom stereocenters. The van der Waals surface area contributed by atoms with Crippen molar-refractivity contribution in [3.05, 3.63) is 26.4 Å². The lowest BCUT2D eigenvalue weighted by atomic mass is 10.3. The number of hydrogen-bond donors (Lipinski definition) is 0. The van der Waals surface area contributed by atoms with Crippen molar-refractivity contribution in [1.29, 1.82) is 0 Å². The zero-order valence-electron chi connectivity index (χ0n) is 6.36. The summed E-state index contributed by atoms with van der Waals surface area (Å²) < 4.78 is 13.3. The van der Waals surface area contributed by atoms with Crippen molar-refractivity contribution in [2.45, 2.75) is 6.92 Å². The largest absolute Gasteiger partial charge is 0.297 e. The third-order valence-corrected chi connectivity index (χ3v) is 3.97. The molecule has 0 fully saturated rings. The predicted molar refractivity (Wildman–Crippen MR) is 52.3 cm³/mol. The van der Waals surface area contributed by atoms with Crippen LogP contribution >= 0.6 is 27.3 Å². The van der Waals surface area contributed by atoms with E-state index in [2.05, 4.69) is 22.5 Å². The highest BCUT2D eigenvalue weighted by Gasteiger charge is 2.13. The van der Waals surface area contributed by atoms with Crippen molar-refractivity contribution in [1.82, 2.24) is 0 Å². The van der Waals surface area contributed by atoms with Gasteiger partial charge in [0.25, 0.3) is 0 Å². The van der Waals surface area contributed by atoms with Gasteiger partial charge in [-0.25, -0.2) is 4.39 Å². The van der Waals surface area contributed by atoms with Gasteiger partial charge in [0, 0.05) is 4.47 Å². The van der Waals surface area contributed by atoms with Crippen LogP contribution in [0.4, 0.5) is 4.39 Å². The van der Waals surface area contributed by atoms with Crippen LogP contribution in [0, 0.1) is 6.92 Å². The molecule has 0 amide bonds. The van der Waals surface area contributed by atoms with Gasteiger partial charge in [-0.05, 0) is 28.4 Å². The highest BCUT2D eigenvalue weighted by molar-refractivity contribution is 9.10. The van der Waals surface area contributed by atoms with E-state index in [1.54, 1.807) is 6.92 Å². The molecule has 0 saturated carbocycles. The minimum absolute atomic E-state index is 0.398. The van der Waals surface area contributed by atoms with E-state index in [0.29, 0.717) is 14.2 Å². The number of carbonyl (C=O) groups is 1. The summed E-state index contributed by atoms with van der Waals surface area (Å²) in [4.78, 5) is 11.4. The maximum Gasteiger partial charge on any atom is 0.160 e. The number of hydrogen-bond acceptors (Lipinski definition) is 2. The van der Waals surface area contributed by atoms with E-state index >= 15 is 0 Å². The lowest BCUT2D eigenvalue weighted by Gasteiger charge is -1.90. The molecule has 1 rings (SSSR count). The molecule has 4 heteroatoms. The minimum Gasteiger partial charge on any atom is -0.297 e. The van der Waals surface area contributed by atoms with Crippen molar-refractivity contribution >= 4 is 39.4 Å². The zero-order chi connectivity index (χ0) is 9.30. The van der Waals surface area contributed by atoms with E-state index < -0.39 is 5.83 Å². The summed E-state index contributed by atoms with van der Waals surface area (Å²) in [5, 5.41) is 0. The molecule has 64 valence electrons. The number of halogens is 2. The van der Waals surface area contributed by atoms with E-state index in [9.17, 15) is 9.18 Å². The van der Waals surface area contributed by atoms with Gasteiger partial charge in [-0.2, -0.15) is 0 Å². The van der Waals surface area contributed by atoms with Gasteiger partial charge < -0.3 is 0 Å². The van der Waals surface area contributed by atoms with Gasteiger partial charge in [-0.15, -0.1) is 11.3 Å². The second kappa shape index (κ2) is 3.49. The van der Waals surface area contributed by atoms with E-state index in [-0.39, 0.29) is 0 Å². The first kappa shape index (κ1) is 9.61. The molecular weight excluding hydrogens is 243 g/mol. The maximum atomic E-state index is 12.7. The van der Waals surface area contributed by atoms with Crippen LogP contribution in [0.1, 0.15) is 20.1 Å². The third-order valence-electron chi connectivity index (χ3n) is 1.46. The lowest BCUT2D eigenvalue weighted by Crippen LogP contribution is -1.75. The molecule has 0 N–H and O–H groups in total. The van der Waals surface area contributed by atoms with Crippen molar-refractivity contribution in [2.24, 2.45) is 0 Å². The lowest BCUT2D eigenvalue weighted by molar-refractivity contribution is 0.112. The molecule has 1 nitrogen and oxygen atoms in total. The summed E-state index contributed by atoms with van der Waals surface area (Å²) in [5.41, 5.74) is 0.767. The number of thiophene rings is 1. The Morgan fingerprint density at radius 1 is 1.75 bits per heavy atom. The molecule has 0 aliphatic carbocycles. The average Bonchev–Trinajstić information content (AvgIpc) is 2.30. The fourth-order valence-corrected chi connectivity index (χ4v) is 2.48. The summed E-state index contributed by atoms with van der Waals surface area (Å²) in [5.74, 6) is -0.511. The van der Waals surface area contributed by atoms with Crippen LogP contribution in [0.5, 0.6) is 0 Å². The van der Waals surface area contributed by atoms with Gasteiger partial charge in [0.05, 0.1) is 9.75 Å². The topological polar surface area (TPSA) is 17.1 Å². The van der Waals surface area contributed by atoms with Crippen molar-refractivity contribution in [3.8, 4) is 0 Å². The average molecular weight is 249 g/mol. The van der Waals surface area contributed by atoms with Gasteiger partial charge in [0.2, 0.25) is 0 Å². The monoisotopic (exact) mass is 248 g/mol. The minimum atomic E-state index is -0.511. The van der Waals surface area contributed by atoms with Crippen molar-refractivity contribution in [3.63, 3.8) is 0 Å². The van der Waals surface area contributed by atoms with E-state index in [4.69, 9.17) is 0 Å². The summed E-state index contributed by atoms with van der Waals surface area (Å²) in [6.45, 7) is 4.93. The molecule has 1 heterocycles. The predicted octanol–water partition coefficient (Wildman–Crippen LogP) is 3.57. The Balaban J connectivity index is 3.34. The first-order valence-electron chi connectivity index (χ1n) is 3.16. The number of rotatable bonds is 2.